The van der Waals surface area contributed by atoms with Crippen LogP contribution >= 0.6 is 0 Å². The van der Waals surface area contributed by atoms with E-state index in [0.29, 0.717) is 5.89 Å². The SMILES string of the molecule is c1ccc(-n2c3ccccc3c3cc(-c4ccc(-c5nc6ccc(-c7cccc(-c8cccnc8)c7)cc6o5)cc4)ccc32)cc1. The normalized spacial score (nSPS) is 11.5. The van der Waals surface area contributed by atoms with E-state index >= 15 is 0 Å². The molecule has 0 radical (unpaired) electrons. The van der Waals surface area contributed by atoms with Crippen molar-refractivity contribution >= 4 is 32.9 Å². The summed E-state index contributed by atoms with van der Waals surface area (Å²) in [6.07, 6.45) is 3.68. The number of oxazole rings is 1. The second kappa shape index (κ2) is 10.7. The van der Waals surface area contributed by atoms with Gasteiger partial charge in [-0.2, -0.15) is 0 Å². The van der Waals surface area contributed by atoms with Crippen LogP contribution in [0.5, 0.6) is 0 Å². The zero-order valence-corrected chi connectivity index (χ0v) is 24.8. The molecule has 4 heteroatoms. The van der Waals surface area contributed by atoms with E-state index in [2.05, 4.69) is 149 Å². The number of pyridine rings is 1. The topological polar surface area (TPSA) is 43.9 Å². The Labute approximate surface area is 265 Å². The van der Waals surface area contributed by atoms with Crippen LogP contribution in [0.25, 0.3) is 83.4 Å². The number of fused-ring (bicyclic) bond motifs is 4. The van der Waals surface area contributed by atoms with E-state index in [1.807, 2.05) is 18.3 Å². The third-order valence-electron chi connectivity index (χ3n) is 8.73. The quantitative estimate of drug-likeness (QED) is 0.201. The Morgan fingerprint density at radius 3 is 1.98 bits per heavy atom. The Bertz CT molecular complexity index is 2510. The zero-order chi connectivity index (χ0) is 30.5. The fourth-order valence-electron chi connectivity index (χ4n) is 6.45. The molecule has 46 heavy (non-hydrogen) atoms. The van der Waals surface area contributed by atoms with Crippen molar-refractivity contribution in [1.82, 2.24) is 14.5 Å². The molecular formula is C42H27N3O. The Morgan fingerprint density at radius 2 is 1.13 bits per heavy atom. The summed E-state index contributed by atoms with van der Waals surface area (Å²) in [5.41, 5.74) is 12.9. The van der Waals surface area contributed by atoms with Crippen molar-refractivity contribution in [3.8, 4) is 50.5 Å². The van der Waals surface area contributed by atoms with Crippen molar-refractivity contribution in [2.45, 2.75) is 0 Å². The molecule has 0 unspecified atom stereocenters. The van der Waals surface area contributed by atoms with Gasteiger partial charge in [-0.15, -0.1) is 0 Å². The minimum absolute atomic E-state index is 0.615. The van der Waals surface area contributed by atoms with E-state index in [-0.39, 0.29) is 0 Å². The lowest BCUT2D eigenvalue weighted by atomic mass is 10.00. The summed E-state index contributed by atoms with van der Waals surface area (Å²) in [6.45, 7) is 0. The number of hydrogen-bond acceptors (Lipinski definition) is 3. The van der Waals surface area contributed by atoms with Gasteiger partial charge in [0.05, 0.1) is 11.0 Å². The maximum atomic E-state index is 6.30. The molecule has 6 aromatic carbocycles. The predicted molar refractivity (Wildman–Crippen MR) is 188 cm³/mol. The summed E-state index contributed by atoms with van der Waals surface area (Å²) in [7, 11) is 0. The van der Waals surface area contributed by atoms with Crippen molar-refractivity contribution in [2.24, 2.45) is 0 Å². The highest BCUT2D eigenvalue weighted by Gasteiger charge is 2.14. The first-order chi connectivity index (χ1) is 22.8. The molecule has 0 bridgehead atoms. The number of hydrogen-bond donors (Lipinski definition) is 0. The van der Waals surface area contributed by atoms with Gasteiger partial charge in [0.15, 0.2) is 5.58 Å². The third-order valence-corrected chi connectivity index (χ3v) is 8.73. The van der Waals surface area contributed by atoms with Crippen molar-refractivity contribution in [2.75, 3.05) is 0 Å². The van der Waals surface area contributed by atoms with E-state index in [0.717, 1.165) is 50.2 Å². The molecule has 0 aliphatic rings. The molecule has 0 aliphatic carbocycles. The average molecular weight is 590 g/mol. The molecule has 0 aliphatic heterocycles. The van der Waals surface area contributed by atoms with Crippen LogP contribution in [0.2, 0.25) is 0 Å². The van der Waals surface area contributed by atoms with Gasteiger partial charge in [-0.3, -0.25) is 4.98 Å². The van der Waals surface area contributed by atoms with Crippen LogP contribution in [0.15, 0.2) is 168 Å². The van der Waals surface area contributed by atoms with Crippen LogP contribution in [0, 0.1) is 0 Å². The van der Waals surface area contributed by atoms with Crippen LogP contribution in [0.3, 0.4) is 0 Å². The minimum Gasteiger partial charge on any atom is -0.436 e. The number of benzene rings is 6. The first kappa shape index (κ1) is 26.2. The molecule has 3 heterocycles. The van der Waals surface area contributed by atoms with Gasteiger partial charge in [-0.25, -0.2) is 4.98 Å². The molecule has 0 N–H and O–H groups in total. The lowest BCUT2D eigenvalue weighted by Crippen LogP contribution is -1.92. The van der Waals surface area contributed by atoms with E-state index in [9.17, 15) is 0 Å². The second-order valence-electron chi connectivity index (χ2n) is 11.5. The molecule has 9 rings (SSSR count). The van der Waals surface area contributed by atoms with Crippen molar-refractivity contribution < 1.29 is 4.42 Å². The van der Waals surface area contributed by atoms with Crippen molar-refractivity contribution in [1.29, 1.82) is 0 Å². The fourth-order valence-corrected chi connectivity index (χ4v) is 6.45. The molecule has 3 aromatic heterocycles. The van der Waals surface area contributed by atoms with E-state index < -0.39 is 0 Å². The first-order valence-electron chi connectivity index (χ1n) is 15.4. The van der Waals surface area contributed by atoms with Gasteiger partial charge in [-0.05, 0) is 94.5 Å². The Balaban J connectivity index is 1.04. The Kier molecular flexibility index (Phi) is 6.10. The van der Waals surface area contributed by atoms with Gasteiger partial charge < -0.3 is 8.98 Å². The highest BCUT2D eigenvalue weighted by atomic mass is 16.3. The molecule has 0 atom stereocenters. The summed E-state index contributed by atoms with van der Waals surface area (Å²) < 4.78 is 8.64. The van der Waals surface area contributed by atoms with Gasteiger partial charge in [0.1, 0.15) is 5.52 Å². The molecule has 0 amide bonds. The van der Waals surface area contributed by atoms with Crippen LogP contribution in [-0.4, -0.2) is 14.5 Å². The summed E-state index contributed by atoms with van der Waals surface area (Å²) in [5.74, 6) is 0.615. The molecule has 0 saturated heterocycles. The molecular weight excluding hydrogens is 562 g/mol. The van der Waals surface area contributed by atoms with Crippen LogP contribution in [-0.2, 0) is 0 Å². The predicted octanol–water partition coefficient (Wildman–Crippen LogP) is 11.0. The van der Waals surface area contributed by atoms with Crippen molar-refractivity contribution in [3.63, 3.8) is 0 Å². The second-order valence-corrected chi connectivity index (χ2v) is 11.5. The minimum atomic E-state index is 0.615. The van der Waals surface area contributed by atoms with Gasteiger partial charge in [0, 0.05) is 40.0 Å². The standard InChI is InChI=1S/C42H27N3O/c1-2-11-35(12-3-1)45-39-14-5-4-13-36(39)37-25-32(20-22-40(37)45)28-15-17-29(18-16-28)42-44-38-21-19-33(26-41(38)46-42)30-8-6-9-31(24-30)34-10-7-23-43-27-34/h1-27H. The monoisotopic (exact) mass is 589 g/mol. The zero-order valence-electron chi connectivity index (χ0n) is 24.8. The molecule has 0 fully saturated rings. The maximum absolute atomic E-state index is 6.30. The smallest absolute Gasteiger partial charge is 0.227 e. The van der Waals surface area contributed by atoms with Crippen LogP contribution in [0.4, 0.5) is 0 Å². The maximum Gasteiger partial charge on any atom is 0.227 e. The van der Waals surface area contributed by atoms with E-state index in [4.69, 9.17) is 9.40 Å². The van der Waals surface area contributed by atoms with Gasteiger partial charge in [-0.1, -0.05) is 84.9 Å². The van der Waals surface area contributed by atoms with Gasteiger partial charge >= 0.3 is 0 Å². The molecule has 0 saturated carbocycles. The number of para-hydroxylation sites is 2. The Hall–Kier alpha value is -6.26. The summed E-state index contributed by atoms with van der Waals surface area (Å²) >= 11 is 0. The van der Waals surface area contributed by atoms with Crippen molar-refractivity contribution in [3.05, 3.63) is 164 Å². The third kappa shape index (κ3) is 4.47. The molecule has 0 spiro atoms. The average Bonchev–Trinajstić information content (AvgIpc) is 3.71. The molecule has 216 valence electrons. The molecule has 9 aromatic rings. The summed E-state index contributed by atoms with van der Waals surface area (Å²) in [5, 5.41) is 2.48. The van der Waals surface area contributed by atoms with E-state index in [1.54, 1.807) is 6.20 Å². The summed E-state index contributed by atoms with van der Waals surface area (Å²) in [6, 6.07) is 53.1. The van der Waals surface area contributed by atoms with Crippen LogP contribution in [0.1, 0.15) is 0 Å². The van der Waals surface area contributed by atoms with Gasteiger partial charge in [0.25, 0.3) is 0 Å². The molecule has 4 nitrogen and oxygen atoms in total. The number of aromatic nitrogens is 3. The largest absolute Gasteiger partial charge is 0.436 e. The van der Waals surface area contributed by atoms with Gasteiger partial charge in [0.2, 0.25) is 5.89 Å². The first-order valence-corrected chi connectivity index (χ1v) is 15.4. The fraction of sp³-hybridized carbons (Fsp3) is 0. The van der Waals surface area contributed by atoms with E-state index in [1.165, 1.54) is 27.4 Å². The lowest BCUT2D eigenvalue weighted by molar-refractivity contribution is 0.620. The summed E-state index contributed by atoms with van der Waals surface area (Å²) in [4.78, 5) is 9.08. The lowest BCUT2D eigenvalue weighted by Gasteiger charge is -2.08. The highest BCUT2D eigenvalue weighted by Crippen LogP contribution is 2.36. The number of rotatable bonds is 5. The van der Waals surface area contributed by atoms with Crippen LogP contribution < -0.4 is 0 Å². The Morgan fingerprint density at radius 1 is 0.457 bits per heavy atom. The highest BCUT2D eigenvalue weighted by molar-refractivity contribution is 6.10. The number of nitrogens with zero attached hydrogens (tertiary/aromatic N) is 3.